The molecule has 47 heavy (non-hydrogen) atoms. The van der Waals surface area contributed by atoms with Gasteiger partial charge in [-0.2, -0.15) is 0 Å². The van der Waals surface area contributed by atoms with Crippen LogP contribution in [0.1, 0.15) is 0 Å². The molecule has 6 aromatic heterocycles. The van der Waals surface area contributed by atoms with Crippen LogP contribution in [0, 0.1) is 0 Å². The molecule has 0 saturated carbocycles. The lowest BCUT2D eigenvalue weighted by molar-refractivity contribution is 0.652. The number of fused-ring (bicyclic) bond motifs is 4. The molecule has 0 fully saturated rings. The minimum atomic E-state index is 0.532. The Balaban J connectivity index is 1.12. The molecule has 0 N–H and O–H groups in total. The van der Waals surface area contributed by atoms with Crippen molar-refractivity contribution in [2.45, 2.75) is 0 Å². The smallest absolute Gasteiger partial charge is 0.229 e. The normalized spacial score (nSPS) is 11.4. The molecule has 0 spiro atoms. The van der Waals surface area contributed by atoms with Gasteiger partial charge >= 0.3 is 0 Å². The van der Waals surface area contributed by atoms with Gasteiger partial charge in [0, 0.05) is 41.5 Å². The highest BCUT2D eigenvalue weighted by molar-refractivity contribution is 6.07. The summed E-state index contributed by atoms with van der Waals surface area (Å²) in [4.78, 5) is 27.8. The number of furan rings is 1. The fourth-order valence-corrected chi connectivity index (χ4v) is 6.12. The molecule has 0 aliphatic carbocycles. The Kier molecular flexibility index (Phi) is 6.31. The molecule has 0 bridgehead atoms. The van der Waals surface area contributed by atoms with Crippen LogP contribution in [-0.4, -0.2) is 29.9 Å². The SMILES string of the molecule is c1ccc(-c2cc(-c3ccc(-c4ncnc5c4oc4ncc(-c6cccc7ccccc67)cc45)cc3)cc(-c3cccnc3)n2)nc1. The third kappa shape index (κ3) is 4.78. The average molecular weight is 605 g/mol. The van der Waals surface area contributed by atoms with Crippen LogP contribution in [0.25, 0.3) is 89.1 Å². The van der Waals surface area contributed by atoms with Crippen LogP contribution in [0.2, 0.25) is 0 Å². The second kappa shape index (κ2) is 11.1. The van der Waals surface area contributed by atoms with Gasteiger partial charge in [0.2, 0.25) is 5.71 Å². The first kappa shape index (κ1) is 26.8. The van der Waals surface area contributed by atoms with E-state index in [2.05, 4.69) is 105 Å². The first-order valence-electron chi connectivity index (χ1n) is 15.2. The van der Waals surface area contributed by atoms with Gasteiger partial charge in [-0.25, -0.2) is 19.9 Å². The zero-order valence-corrected chi connectivity index (χ0v) is 24.9. The Hall–Kier alpha value is -6.60. The van der Waals surface area contributed by atoms with Crippen molar-refractivity contribution in [1.29, 1.82) is 0 Å². The standard InChI is InChI=1S/C40H24N6O/c1-2-10-31-26(7-1)8-5-11-32(31)30-19-33-38-39(47-40(33)43-23-30)37(44-24-45-38)27-15-13-25(14-16-27)29-20-35(28-9-6-17-41-22-28)46-36(21-29)34-12-3-4-18-42-34/h1-24H. The Morgan fingerprint density at radius 1 is 0.489 bits per heavy atom. The topological polar surface area (TPSA) is 90.5 Å². The molecule has 0 aliphatic rings. The first-order chi connectivity index (χ1) is 23.3. The average Bonchev–Trinajstić information content (AvgIpc) is 3.53. The molecule has 3 aromatic carbocycles. The van der Waals surface area contributed by atoms with Gasteiger partial charge in [0.05, 0.1) is 22.5 Å². The summed E-state index contributed by atoms with van der Waals surface area (Å²) in [7, 11) is 0. The summed E-state index contributed by atoms with van der Waals surface area (Å²) in [5.74, 6) is 0. The van der Waals surface area contributed by atoms with E-state index in [1.54, 1.807) is 18.7 Å². The van der Waals surface area contributed by atoms with Crippen LogP contribution >= 0.6 is 0 Å². The lowest BCUT2D eigenvalue weighted by Crippen LogP contribution is -1.93. The van der Waals surface area contributed by atoms with E-state index in [1.807, 2.05) is 42.7 Å². The van der Waals surface area contributed by atoms with Crippen molar-refractivity contribution < 1.29 is 4.42 Å². The van der Waals surface area contributed by atoms with Crippen LogP contribution in [-0.2, 0) is 0 Å². The number of nitrogens with zero attached hydrogens (tertiary/aromatic N) is 6. The van der Waals surface area contributed by atoms with Crippen LogP contribution in [0.5, 0.6) is 0 Å². The molecular formula is C40H24N6O. The summed E-state index contributed by atoms with van der Waals surface area (Å²) >= 11 is 0. The van der Waals surface area contributed by atoms with Gasteiger partial charge in [-0.1, -0.05) is 72.8 Å². The van der Waals surface area contributed by atoms with E-state index in [0.717, 1.165) is 61.4 Å². The highest BCUT2D eigenvalue weighted by Gasteiger charge is 2.17. The highest BCUT2D eigenvalue weighted by atomic mass is 16.3. The molecule has 0 radical (unpaired) electrons. The molecule has 0 atom stereocenters. The second-order valence-corrected chi connectivity index (χ2v) is 11.3. The van der Waals surface area contributed by atoms with E-state index in [9.17, 15) is 0 Å². The molecule has 220 valence electrons. The van der Waals surface area contributed by atoms with Gasteiger partial charge in [0.1, 0.15) is 17.5 Å². The van der Waals surface area contributed by atoms with Crippen LogP contribution < -0.4 is 0 Å². The molecule has 9 rings (SSSR count). The van der Waals surface area contributed by atoms with Gasteiger partial charge < -0.3 is 4.42 Å². The Labute approximate surface area is 269 Å². The molecule has 0 saturated heterocycles. The zero-order valence-electron chi connectivity index (χ0n) is 24.9. The zero-order chi connectivity index (χ0) is 31.2. The van der Waals surface area contributed by atoms with Crippen LogP contribution in [0.4, 0.5) is 0 Å². The van der Waals surface area contributed by atoms with E-state index < -0.39 is 0 Å². The van der Waals surface area contributed by atoms with Crippen molar-refractivity contribution in [3.05, 3.63) is 146 Å². The maximum Gasteiger partial charge on any atom is 0.229 e. The predicted octanol–water partition coefficient (Wildman–Crippen LogP) is 9.44. The van der Waals surface area contributed by atoms with Crippen molar-refractivity contribution in [1.82, 2.24) is 29.9 Å². The Bertz CT molecular complexity index is 2500. The summed E-state index contributed by atoms with van der Waals surface area (Å²) < 4.78 is 6.30. The minimum Gasteiger partial charge on any atom is -0.434 e. The number of aromatic nitrogens is 6. The lowest BCUT2D eigenvalue weighted by Gasteiger charge is -2.10. The molecule has 7 heteroatoms. The highest BCUT2D eigenvalue weighted by Crippen LogP contribution is 2.37. The maximum absolute atomic E-state index is 6.30. The molecule has 9 aromatic rings. The molecule has 0 amide bonds. The van der Waals surface area contributed by atoms with Gasteiger partial charge in [-0.3, -0.25) is 9.97 Å². The largest absolute Gasteiger partial charge is 0.434 e. The van der Waals surface area contributed by atoms with Crippen LogP contribution in [0.15, 0.2) is 151 Å². The summed E-state index contributed by atoms with van der Waals surface area (Å²) in [5.41, 5.74) is 11.1. The van der Waals surface area contributed by atoms with E-state index in [0.29, 0.717) is 17.0 Å². The van der Waals surface area contributed by atoms with E-state index in [1.165, 1.54) is 10.8 Å². The molecule has 0 unspecified atom stereocenters. The monoisotopic (exact) mass is 604 g/mol. The summed E-state index contributed by atoms with van der Waals surface area (Å²) in [6.07, 6.45) is 8.82. The molecular weight excluding hydrogens is 580 g/mol. The lowest BCUT2D eigenvalue weighted by atomic mass is 9.99. The van der Waals surface area contributed by atoms with Crippen molar-refractivity contribution in [3.8, 4) is 56.2 Å². The van der Waals surface area contributed by atoms with E-state index >= 15 is 0 Å². The Morgan fingerprint density at radius 2 is 1.34 bits per heavy atom. The minimum absolute atomic E-state index is 0.532. The van der Waals surface area contributed by atoms with Crippen molar-refractivity contribution in [3.63, 3.8) is 0 Å². The number of rotatable bonds is 5. The van der Waals surface area contributed by atoms with Gasteiger partial charge in [0.15, 0.2) is 5.58 Å². The third-order valence-electron chi connectivity index (χ3n) is 8.41. The van der Waals surface area contributed by atoms with E-state index in [4.69, 9.17) is 14.4 Å². The Morgan fingerprint density at radius 3 is 2.21 bits per heavy atom. The van der Waals surface area contributed by atoms with Crippen molar-refractivity contribution in [2.24, 2.45) is 0 Å². The fraction of sp³-hybridized carbons (Fsp3) is 0. The maximum atomic E-state index is 6.30. The summed E-state index contributed by atoms with van der Waals surface area (Å²) in [6.45, 7) is 0. The first-order valence-corrected chi connectivity index (χ1v) is 15.2. The fourth-order valence-electron chi connectivity index (χ4n) is 6.12. The third-order valence-corrected chi connectivity index (χ3v) is 8.41. The van der Waals surface area contributed by atoms with Gasteiger partial charge in [-0.15, -0.1) is 0 Å². The molecule has 6 heterocycles. The predicted molar refractivity (Wildman–Crippen MR) is 185 cm³/mol. The second-order valence-electron chi connectivity index (χ2n) is 11.3. The molecule has 0 aliphatic heterocycles. The summed E-state index contributed by atoms with van der Waals surface area (Å²) in [6, 6.07) is 39.0. The number of pyridine rings is 4. The number of benzene rings is 3. The van der Waals surface area contributed by atoms with Crippen molar-refractivity contribution in [2.75, 3.05) is 0 Å². The summed E-state index contributed by atoms with van der Waals surface area (Å²) in [5, 5.41) is 3.21. The van der Waals surface area contributed by atoms with Gasteiger partial charge in [0.25, 0.3) is 0 Å². The number of hydrogen-bond donors (Lipinski definition) is 0. The quantitative estimate of drug-likeness (QED) is 0.193. The van der Waals surface area contributed by atoms with E-state index in [-0.39, 0.29) is 0 Å². The van der Waals surface area contributed by atoms with Gasteiger partial charge in [-0.05, 0) is 69.9 Å². The van der Waals surface area contributed by atoms with Crippen LogP contribution in [0.3, 0.4) is 0 Å². The molecule has 7 nitrogen and oxygen atoms in total. The van der Waals surface area contributed by atoms with Crippen molar-refractivity contribution >= 4 is 33.0 Å². The number of hydrogen-bond acceptors (Lipinski definition) is 7.